The minimum atomic E-state index is -0.126. The second-order valence-electron chi connectivity index (χ2n) is 8.65. The van der Waals surface area contributed by atoms with Crippen LogP contribution in [0.4, 0.5) is 0 Å². The van der Waals surface area contributed by atoms with E-state index < -0.39 is 0 Å². The van der Waals surface area contributed by atoms with E-state index in [0.29, 0.717) is 10.8 Å². The lowest BCUT2D eigenvalue weighted by Crippen LogP contribution is -2.13. The van der Waals surface area contributed by atoms with Crippen molar-refractivity contribution in [3.05, 3.63) is 47.5 Å². The van der Waals surface area contributed by atoms with Gasteiger partial charge in [-0.3, -0.25) is 0 Å². The molecule has 2 N–H and O–H groups in total. The van der Waals surface area contributed by atoms with Gasteiger partial charge >= 0.3 is 0 Å². The Hall–Kier alpha value is -2.22. The van der Waals surface area contributed by atoms with Crippen molar-refractivity contribution in [3.63, 3.8) is 0 Å². The molecule has 0 aliphatic carbocycles. The molecule has 0 aliphatic heterocycles. The van der Waals surface area contributed by atoms with Crippen LogP contribution < -0.4 is 0 Å². The van der Waals surface area contributed by atoms with Crippen LogP contribution in [0.2, 0.25) is 0 Å². The second-order valence-corrected chi connectivity index (χ2v) is 8.65. The molecule has 3 rings (SSSR count). The van der Waals surface area contributed by atoms with Crippen molar-refractivity contribution in [2.45, 2.75) is 52.4 Å². The van der Waals surface area contributed by atoms with Crippen LogP contribution in [0.3, 0.4) is 0 Å². The molecule has 0 aromatic heterocycles. The minimum absolute atomic E-state index is 0.126. The number of hydrogen-bond donors (Lipinski definition) is 2. The maximum atomic E-state index is 11.1. The number of phenols is 2. The lowest BCUT2D eigenvalue weighted by atomic mass is 9.79. The summed E-state index contributed by atoms with van der Waals surface area (Å²) in [7, 11) is 0. The zero-order valence-corrected chi connectivity index (χ0v) is 15.4. The molecule has 0 atom stereocenters. The third-order valence-corrected chi connectivity index (χ3v) is 4.73. The van der Waals surface area contributed by atoms with E-state index in [4.69, 9.17) is 0 Å². The highest BCUT2D eigenvalue weighted by atomic mass is 16.3. The zero-order chi connectivity index (χ0) is 17.9. The minimum Gasteiger partial charge on any atom is -0.507 e. The first-order valence-corrected chi connectivity index (χ1v) is 8.44. The second kappa shape index (κ2) is 5.14. The Morgan fingerprint density at radius 3 is 1.21 bits per heavy atom. The first kappa shape index (κ1) is 16.6. The SMILES string of the molecule is CC(C)(C)c1cccc2c(O)c3c(C(C)(C)C)cccc3c(O)c12. The van der Waals surface area contributed by atoms with Crippen LogP contribution in [-0.2, 0) is 10.8 Å². The van der Waals surface area contributed by atoms with E-state index in [1.807, 2.05) is 36.4 Å². The van der Waals surface area contributed by atoms with Crippen molar-refractivity contribution in [2.75, 3.05) is 0 Å². The van der Waals surface area contributed by atoms with Crippen LogP contribution in [0.25, 0.3) is 21.5 Å². The Balaban J connectivity index is 2.60. The first-order chi connectivity index (χ1) is 11.0. The van der Waals surface area contributed by atoms with Gasteiger partial charge in [-0.2, -0.15) is 0 Å². The van der Waals surface area contributed by atoms with Crippen molar-refractivity contribution in [3.8, 4) is 11.5 Å². The van der Waals surface area contributed by atoms with Gasteiger partial charge in [-0.05, 0) is 22.0 Å². The van der Waals surface area contributed by atoms with Crippen molar-refractivity contribution >= 4 is 21.5 Å². The molecular formula is C22H26O2. The molecule has 0 amide bonds. The van der Waals surface area contributed by atoms with E-state index in [-0.39, 0.29) is 22.3 Å². The van der Waals surface area contributed by atoms with Gasteiger partial charge in [0.05, 0.1) is 0 Å². The standard InChI is InChI=1S/C22H26O2/c1-21(2,3)15-11-7-9-13-17(15)19(23)14-10-8-12-16(22(4,5)6)18(14)20(13)24/h7-12,23-24H,1-6H3. The molecule has 0 saturated carbocycles. The Morgan fingerprint density at radius 1 is 0.583 bits per heavy atom. The molecule has 2 heteroatoms. The number of hydrogen-bond acceptors (Lipinski definition) is 2. The number of benzene rings is 3. The van der Waals surface area contributed by atoms with Gasteiger partial charge in [-0.15, -0.1) is 0 Å². The van der Waals surface area contributed by atoms with Crippen LogP contribution in [0.15, 0.2) is 36.4 Å². The summed E-state index contributed by atoms with van der Waals surface area (Å²) in [6.07, 6.45) is 0. The molecule has 0 bridgehead atoms. The van der Waals surface area contributed by atoms with E-state index in [1.54, 1.807) is 0 Å². The summed E-state index contributed by atoms with van der Waals surface area (Å²) in [4.78, 5) is 0. The van der Waals surface area contributed by atoms with Gasteiger partial charge < -0.3 is 10.2 Å². The largest absolute Gasteiger partial charge is 0.507 e. The Labute approximate surface area is 143 Å². The van der Waals surface area contributed by atoms with Crippen LogP contribution in [0, 0.1) is 0 Å². The Kier molecular flexibility index (Phi) is 3.56. The Bertz CT molecular complexity index is 859. The molecule has 24 heavy (non-hydrogen) atoms. The van der Waals surface area contributed by atoms with E-state index in [0.717, 1.165) is 21.9 Å². The number of rotatable bonds is 0. The maximum Gasteiger partial charge on any atom is 0.131 e. The first-order valence-electron chi connectivity index (χ1n) is 8.44. The van der Waals surface area contributed by atoms with E-state index in [2.05, 4.69) is 41.5 Å². The number of fused-ring (bicyclic) bond motifs is 2. The lowest BCUT2D eigenvalue weighted by Gasteiger charge is -2.25. The molecular weight excluding hydrogens is 296 g/mol. The van der Waals surface area contributed by atoms with Gasteiger partial charge in [0.25, 0.3) is 0 Å². The molecule has 3 aromatic carbocycles. The highest BCUT2D eigenvalue weighted by Gasteiger charge is 2.25. The summed E-state index contributed by atoms with van der Waals surface area (Å²) in [5, 5.41) is 25.0. The predicted molar refractivity (Wildman–Crippen MR) is 102 cm³/mol. The monoisotopic (exact) mass is 322 g/mol. The summed E-state index contributed by atoms with van der Waals surface area (Å²) in [5.41, 5.74) is 1.82. The summed E-state index contributed by atoms with van der Waals surface area (Å²) in [5.74, 6) is 0.517. The van der Waals surface area contributed by atoms with Gasteiger partial charge in [0.15, 0.2) is 0 Å². The van der Waals surface area contributed by atoms with E-state index >= 15 is 0 Å². The molecule has 126 valence electrons. The van der Waals surface area contributed by atoms with Crippen molar-refractivity contribution in [1.82, 2.24) is 0 Å². The molecule has 0 spiro atoms. The summed E-state index contributed by atoms with van der Waals surface area (Å²) < 4.78 is 0. The zero-order valence-electron chi connectivity index (χ0n) is 15.4. The average Bonchev–Trinajstić information content (AvgIpc) is 2.49. The fourth-order valence-corrected chi connectivity index (χ4v) is 3.53. The molecule has 0 saturated heterocycles. The predicted octanol–water partition coefficient (Wildman–Crippen LogP) is 6.00. The van der Waals surface area contributed by atoms with Crippen LogP contribution in [0.5, 0.6) is 11.5 Å². The van der Waals surface area contributed by atoms with Crippen molar-refractivity contribution in [1.29, 1.82) is 0 Å². The number of aromatic hydroxyl groups is 2. The Morgan fingerprint density at radius 2 is 0.917 bits per heavy atom. The van der Waals surface area contributed by atoms with Crippen LogP contribution >= 0.6 is 0 Å². The summed E-state index contributed by atoms with van der Waals surface area (Å²) in [6, 6.07) is 11.7. The lowest BCUT2D eigenvalue weighted by molar-refractivity contribution is 0.475. The molecule has 0 fully saturated rings. The van der Waals surface area contributed by atoms with Crippen molar-refractivity contribution in [2.24, 2.45) is 0 Å². The van der Waals surface area contributed by atoms with Gasteiger partial charge in [0.1, 0.15) is 11.5 Å². The molecule has 0 heterocycles. The normalized spacial score (nSPS) is 12.9. The quantitative estimate of drug-likeness (QED) is 0.393. The molecule has 3 aromatic rings. The van der Waals surface area contributed by atoms with Gasteiger partial charge in [0, 0.05) is 21.5 Å². The third kappa shape index (κ3) is 2.41. The molecule has 2 nitrogen and oxygen atoms in total. The van der Waals surface area contributed by atoms with Crippen LogP contribution in [-0.4, -0.2) is 10.2 Å². The van der Waals surface area contributed by atoms with Crippen molar-refractivity contribution < 1.29 is 10.2 Å². The van der Waals surface area contributed by atoms with E-state index in [9.17, 15) is 10.2 Å². The highest BCUT2D eigenvalue weighted by molar-refractivity contribution is 6.13. The number of phenolic OH excluding ortho intramolecular Hbond substituents is 2. The van der Waals surface area contributed by atoms with Gasteiger partial charge in [0.2, 0.25) is 0 Å². The van der Waals surface area contributed by atoms with E-state index in [1.165, 1.54) is 0 Å². The summed E-state index contributed by atoms with van der Waals surface area (Å²) in [6.45, 7) is 12.7. The average molecular weight is 322 g/mol. The molecule has 0 unspecified atom stereocenters. The van der Waals surface area contributed by atoms with Gasteiger partial charge in [-0.1, -0.05) is 77.9 Å². The topological polar surface area (TPSA) is 40.5 Å². The fraction of sp³-hybridized carbons (Fsp3) is 0.364. The smallest absolute Gasteiger partial charge is 0.131 e. The summed E-state index contributed by atoms with van der Waals surface area (Å²) >= 11 is 0. The highest BCUT2D eigenvalue weighted by Crippen LogP contribution is 2.47. The third-order valence-electron chi connectivity index (χ3n) is 4.73. The molecule has 0 aliphatic rings. The van der Waals surface area contributed by atoms with Crippen LogP contribution in [0.1, 0.15) is 52.7 Å². The maximum absolute atomic E-state index is 11.1. The molecule has 0 radical (unpaired) electrons. The fourth-order valence-electron chi connectivity index (χ4n) is 3.53. The van der Waals surface area contributed by atoms with Gasteiger partial charge in [-0.25, -0.2) is 0 Å².